The predicted molar refractivity (Wildman–Crippen MR) is 296 cm³/mol. The molecule has 0 saturated carbocycles. The standard InChI is InChI=1S/C57H95Br3O9/c1-4-7-10-27-36-48(61)37-29-21-16-13-14-18-25-35-44-57(66)69-50(46-67-55(64)42-33-24-19-15-17-22-31-40-52(59)54(63)41-32-12-9-6-3)47-68-56(65)43-34-26-20-23-30-39-51(58)53(60)45-49(62)38-28-11-8-5-2/h17,21-22,29,31,40,50-53H,4-16,18-20,23-28,30,32-39,41-47H2,1-3H3/b22-17+,29-21+,40-31+. The van der Waals surface area contributed by atoms with E-state index in [1.54, 1.807) is 0 Å². The molecule has 0 aromatic heterocycles. The number of hydrogen-bond donors (Lipinski definition) is 0. The van der Waals surface area contributed by atoms with Crippen LogP contribution in [0.2, 0.25) is 0 Å². The van der Waals surface area contributed by atoms with E-state index < -0.39 is 12.1 Å². The third-order valence-electron chi connectivity index (χ3n) is 12.1. The quantitative estimate of drug-likeness (QED) is 0.0146. The van der Waals surface area contributed by atoms with E-state index >= 15 is 0 Å². The Kier molecular flexibility index (Phi) is 48.3. The fraction of sp³-hybridized carbons (Fsp3) is 0.789. The summed E-state index contributed by atoms with van der Waals surface area (Å²) in [6, 6.07) is 0. The molecule has 0 fully saturated rings. The van der Waals surface area contributed by atoms with Crippen LogP contribution in [0.4, 0.5) is 0 Å². The number of hydrogen-bond acceptors (Lipinski definition) is 9. The average Bonchev–Trinajstić information content (AvgIpc) is 3.33. The number of alkyl halides is 3. The molecule has 0 rings (SSSR count). The number of carbonyl (C=O) groups is 6. The third kappa shape index (κ3) is 45.7. The smallest absolute Gasteiger partial charge is 0.306 e. The zero-order valence-electron chi connectivity index (χ0n) is 43.5. The second-order valence-electron chi connectivity index (χ2n) is 18.8. The first kappa shape index (κ1) is 67.1. The number of ketones is 3. The molecule has 0 aromatic rings. The van der Waals surface area contributed by atoms with Crippen molar-refractivity contribution < 1.29 is 43.0 Å². The maximum Gasteiger partial charge on any atom is 0.306 e. The van der Waals surface area contributed by atoms with Gasteiger partial charge in [-0.3, -0.25) is 28.8 Å². The van der Waals surface area contributed by atoms with Crippen LogP contribution in [0.5, 0.6) is 0 Å². The van der Waals surface area contributed by atoms with E-state index in [2.05, 4.69) is 80.7 Å². The van der Waals surface area contributed by atoms with Gasteiger partial charge in [-0.2, -0.15) is 0 Å². The van der Waals surface area contributed by atoms with Crippen molar-refractivity contribution in [3.63, 3.8) is 0 Å². The van der Waals surface area contributed by atoms with Gasteiger partial charge in [0.2, 0.25) is 0 Å². The number of ether oxygens (including phenoxy) is 3. The van der Waals surface area contributed by atoms with E-state index in [1.807, 2.05) is 24.3 Å². The molecule has 0 aromatic carbocycles. The Morgan fingerprint density at radius 3 is 1.46 bits per heavy atom. The first-order chi connectivity index (χ1) is 33.4. The van der Waals surface area contributed by atoms with Gasteiger partial charge in [-0.25, -0.2) is 0 Å². The molecule has 0 heterocycles. The normalized spacial score (nSPS) is 13.5. The summed E-state index contributed by atoms with van der Waals surface area (Å²) in [6.07, 6.45) is 42.6. The molecule has 0 radical (unpaired) electrons. The highest BCUT2D eigenvalue weighted by molar-refractivity contribution is 9.12. The summed E-state index contributed by atoms with van der Waals surface area (Å²) in [5.74, 6) is -0.291. The number of Topliss-reactive ketones (excluding diaryl/α,β-unsaturated/α-hetero) is 3. The Morgan fingerprint density at radius 2 is 0.884 bits per heavy atom. The van der Waals surface area contributed by atoms with E-state index in [1.165, 1.54) is 25.7 Å². The lowest BCUT2D eigenvalue weighted by Gasteiger charge is -2.18. The lowest BCUT2D eigenvalue weighted by atomic mass is 10.0. The van der Waals surface area contributed by atoms with Crippen LogP contribution in [0.1, 0.15) is 252 Å². The largest absolute Gasteiger partial charge is 0.462 e. The van der Waals surface area contributed by atoms with E-state index in [0.717, 1.165) is 135 Å². The van der Waals surface area contributed by atoms with Gasteiger partial charge >= 0.3 is 17.9 Å². The van der Waals surface area contributed by atoms with Crippen LogP contribution in [-0.4, -0.2) is 69.1 Å². The van der Waals surface area contributed by atoms with Crippen LogP contribution in [0.3, 0.4) is 0 Å². The molecule has 0 aliphatic rings. The summed E-state index contributed by atoms with van der Waals surface area (Å²) < 4.78 is 16.7. The van der Waals surface area contributed by atoms with Crippen molar-refractivity contribution >= 4 is 83.0 Å². The molecule has 0 saturated heterocycles. The maximum atomic E-state index is 12.9. The van der Waals surface area contributed by atoms with E-state index in [9.17, 15) is 28.8 Å². The summed E-state index contributed by atoms with van der Waals surface area (Å²) in [6.45, 7) is 6.17. The molecule has 0 N–H and O–H groups in total. The molecule has 4 unspecified atom stereocenters. The van der Waals surface area contributed by atoms with Gasteiger partial charge in [0.05, 0.1) is 4.83 Å². The minimum Gasteiger partial charge on any atom is -0.462 e. The second kappa shape index (κ2) is 49.6. The third-order valence-corrected chi connectivity index (χ3v) is 15.7. The van der Waals surface area contributed by atoms with E-state index in [4.69, 9.17) is 14.2 Å². The number of unbranched alkanes of at least 4 members (excludes halogenated alkanes) is 21. The van der Waals surface area contributed by atoms with E-state index in [0.29, 0.717) is 62.9 Å². The van der Waals surface area contributed by atoms with Gasteiger partial charge in [0, 0.05) is 61.0 Å². The van der Waals surface area contributed by atoms with Crippen molar-refractivity contribution in [2.24, 2.45) is 0 Å². The molecule has 0 aliphatic carbocycles. The fourth-order valence-corrected chi connectivity index (χ4v) is 9.20. The van der Waals surface area contributed by atoms with Crippen LogP contribution < -0.4 is 0 Å². The van der Waals surface area contributed by atoms with Crippen molar-refractivity contribution in [1.82, 2.24) is 0 Å². The topological polar surface area (TPSA) is 130 Å². The van der Waals surface area contributed by atoms with Crippen molar-refractivity contribution in [2.75, 3.05) is 13.2 Å². The summed E-state index contributed by atoms with van der Waals surface area (Å²) in [5.41, 5.74) is 0. The minimum absolute atomic E-state index is 0.135. The zero-order chi connectivity index (χ0) is 51.0. The van der Waals surface area contributed by atoms with Gasteiger partial charge < -0.3 is 14.2 Å². The second-order valence-corrected chi connectivity index (χ2v) is 22.1. The number of carbonyl (C=O) groups excluding carboxylic acids is 6. The summed E-state index contributed by atoms with van der Waals surface area (Å²) >= 11 is 10.9. The van der Waals surface area contributed by atoms with Gasteiger partial charge in [0.1, 0.15) is 30.6 Å². The first-order valence-electron chi connectivity index (χ1n) is 27.4. The van der Waals surface area contributed by atoms with Crippen molar-refractivity contribution in [2.45, 2.75) is 273 Å². The Bertz CT molecular complexity index is 1410. The van der Waals surface area contributed by atoms with E-state index in [-0.39, 0.29) is 64.7 Å². The lowest BCUT2D eigenvalue weighted by Crippen LogP contribution is -2.30. The molecule has 0 aliphatic heterocycles. The molecule has 0 bridgehead atoms. The number of halogens is 3. The highest BCUT2D eigenvalue weighted by Gasteiger charge is 2.21. The van der Waals surface area contributed by atoms with Crippen LogP contribution in [-0.2, 0) is 43.0 Å². The maximum absolute atomic E-state index is 12.9. The van der Waals surface area contributed by atoms with Gasteiger partial charge in [-0.05, 0) is 70.6 Å². The lowest BCUT2D eigenvalue weighted by molar-refractivity contribution is -0.167. The average molecular weight is 1160 g/mol. The van der Waals surface area contributed by atoms with Crippen LogP contribution in [0.25, 0.3) is 0 Å². The minimum atomic E-state index is -0.874. The summed E-state index contributed by atoms with van der Waals surface area (Å²) in [5, 5.41) is 0. The molecular weight excluding hydrogens is 1070 g/mol. The molecule has 69 heavy (non-hydrogen) atoms. The highest BCUT2D eigenvalue weighted by atomic mass is 79.9. The first-order valence-corrected chi connectivity index (χ1v) is 30.1. The predicted octanol–water partition coefficient (Wildman–Crippen LogP) is 16.8. The summed E-state index contributed by atoms with van der Waals surface area (Å²) in [4.78, 5) is 74.9. The van der Waals surface area contributed by atoms with Gasteiger partial charge in [0.25, 0.3) is 0 Å². The van der Waals surface area contributed by atoms with Crippen LogP contribution in [0.15, 0.2) is 36.5 Å². The molecule has 4 atom stereocenters. The number of allylic oxidation sites excluding steroid dienone is 6. The van der Waals surface area contributed by atoms with Crippen LogP contribution in [0, 0.1) is 0 Å². The molecule has 398 valence electrons. The fourth-order valence-electron chi connectivity index (χ4n) is 7.65. The number of esters is 3. The monoisotopic (exact) mass is 1160 g/mol. The molecule has 9 nitrogen and oxygen atoms in total. The van der Waals surface area contributed by atoms with Gasteiger partial charge in [-0.15, -0.1) is 0 Å². The molecular formula is C57H95Br3O9. The SMILES string of the molecule is CCCCCCC(=O)C/C=C/CCCCCCCC(=O)OC(COC(=O)CCCCC/C=C/C=C/C(Br)C(=O)CCCCCC)COC(=O)CCCCCCCC(Br)C(Br)CC(=O)CCCCCC. The summed E-state index contributed by atoms with van der Waals surface area (Å²) in [7, 11) is 0. The zero-order valence-corrected chi connectivity index (χ0v) is 48.2. The Hall–Kier alpha value is -1.92. The molecule has 0 amide bonds. The Morgan fingerprint density at radius 1 is 0.435 bits per heavy atom. The van der Waals surface area contributed by atoms with Crippen LogP contribution >= 0.6 is 47.8 Å². The Labute approximate surface area is 445 Å². The highest BCUT2D eigenvalue weighted by Crippen LogP contribution is 2.25. The number of rotatable bonds is 50. The molecule has 12 heteroatoms. The van der Waals surface area contributed by atoms with Crippen molar-refractivity contribution in [3.05, 3.63) is 36.5 Å². The Balaban J connectivity index is 4.69. The van der Waals surface area contributed by atoms with Crippen molar-refractivity contribution in [1.29, 1.82) is 0 Å². The van der Waals surface area contributed by atoms with Crippen molar-refractivity contribution in [3.8, 4) is 0 Å². The van der Waals surface area contributed by atoms with Gasteiger partial charge in [0.15, 0.2) is 6.10 Å². The van der Waals surface area contributed by atoms with Gasteiger partial charge in [-0.1, -0.05) is 214 Å². The molecule has 0 spiro atoms.